The van der Waals surface area contributed by atoms with E-state index in [2.05, 4.69) is 10.3 Å². The number of nitrogens with one attached hydrogen (secondary N) is 1. The van der Waals surface area contributed by atoms with Gasteiger partial charge in [-0.1, -0.05) is 23.7 Å². The first kappa shape index (κ1) is 25.7. The number of aromatic nitrogens is 2. The molecule has 1 aliphatic rings. The van der Waals surface area contributed by atoms with E-state index in [1.807, 2.05) is 70.3 Å². The van der Waals surface area contributed by atoms with Crippen LogP contribution in [0.4, 0.5) is 5.69 Å². The van der Waals surface area contributed by atoms with Gasteiger partial charge in [0.1, 0.15) is 18.4 Å². The van der Waals surface area contributed by atoms with Crippen molar-refractivity contribution in [3.8, 4) is 11.4 Å². The molecule has 0 saturated carbocycles. The predicted molar refractivity (Wildman–Crippen MR) is 149 cm³/mol. The molecule has 1 saturated heterocycles. The minimum absolute atomic E-state index is 0.205. The molecular weight excluding hydrogens is 524 g/mol. The molecular formula is C28H25ClN4O4S. The Morgan fingerprint density at radius 3 is 2.68 bits per heavy atom. The Morgan fingerprint density at radius 1 is 1.08 bits per heavy atom. The lowest BCUT2D eigenvalue weighted by Crippen LogP contribution is -2.30. The van der Waals surface area contributed by atoms with E-state index in [9.17, 15) is 9.90 Å². The summed E-state index contributed by atoms with van der Waals surface area (Å²) in [4.78, 5) is 18.3. The minimum Gasteiger partial charge on any atom is -0.490 e. The van der Waals surface area contributed by atoms with E-state index in [1.165, 1.54) is 0 Å². The Labute approximate surface area is 230 Å². The number of hydrogen-bond acceptors (Lipinski definition) is 5. The zero-order valence-electron chi connectivity index (χ0n) is 20.5. The fourth-order valence-corrected chi connectivity index (χ4v) is 5.16. The Hall–Kier alpha value is -3.92. The molecule has 0 aliphatic carbocycles. The van der Waals surface area contributed by atoms with Gasteiger partial charge in [-0.25, -0.2) is 4.79 Å². The van der Waals surface area contributed by atoms with Gasteiger partial charge in [-0.15, -0.1) is 0 Å². The molecule has 0 amide bonds. The number of nitrogens with zero attached hydrogens (tertiary/aromatic N) is 3. The quantitative estimate of drug-likeness (QED) is 0.211. The summed E-state index contributed by atoms with van der Waals surface area (Å²) in [7, 11) is 1.61. The number of benzene rings is 2. The maximum atomic E-state index is 11.6. The Bertz CT molecular complexity index is 1460. The van der Waals surface area contributed by atoms with Gasteiger partial charge in [0.05, 0.1) is 28.9 Å². The Kier molecular flexibility index (Phi) is 7.59. The van der Waals surface area contributed by atoms with Crippen LogP contribution in [0.5, 0.6) is 5.75 Å². The number of carboxylic acid groups (broad SMARTS) is 1. The summed E-state index contributed by atoms with van der Waals surface area (Å²) in [6, 6.07) is 21.5. The van der Waals surface area contributed by atoms with Gasteiger partial charge in [-0.3, -0.25) is 4.98 Å². The van der Waals surface area contributed by atoms with E-state index in [0.29, 0.717) is 29.1 Å². The summed E-state index contributed by atoms with van der Waals surface area (Å²) >= 11 is 12.4. The number of hydrogen-bond donors (Lipinski definition) is 2. The van der Waals surface area contributed by atoms with E-state index in [4.69, 9.17) is 33.3 Å². The molecule has 0 spiro atoms. The Morgan fingerprint density at radius 2 is 1.95 bits per heavy atom. The van der Waals surface area contributed by atoms with Crippen molar-refractivity contribution in [3.63, 3.8) is 0 Å². The predicted octanol–water partition coefficient (Wildman–Crippen LogP) is 5.43. The second-order valence-corrected chi connectivity index (χ2v) is 9.41. The van der Waals surface area contributed by atoms with Crippen LogP contribution in [0.1, 0.15) is 33.8 Å². The highest BCUT2D eigenvalue weighted by molar-refractivity contribution is 7.80. The molecule has 8 nitrogen and oxygen atoms in total. The lowest BCUT2D eigenvalue weighted by molar-refractivity contribution is 0.0697. The van der Waals surface area contributed by atoms with E-state index in [-0.39, 0.29) is 17.6 Å². The molecule has 194 valence electrons. The lowest BCUT2D eigenvalue weighted by Gasteiger charge is -2.29. The van der Waals surface area contributed by atoms with Crippen molar-refractivity contribution < 1.29 is 19.4 Å². The summed E-state index contributed by atoms with van der Waals surface area (Å²) in [6.45, 7) is 0.832. The summed E-state index contributed by atoms with van der Waals surface area (Å²) in [5.74, 6) is -0.433. The molecule has 1 fully saturated rings. The summed E-state index contributed by atoms with van der Waals surface area (Å²) < 4.78 is 12.8. The molecule has 1 aliphatic heterocycles. The highest BCUT2D eigenvalue weighted by atomic mass is 35.5. The van der Waals surface area contributed by atoms with Crippen molar-refractivity contribution in [2.45, 2.75) is 12.1 Å². The van der Waals surface area contributed by atoms with E-state index < -0.39 is 5.97 Å². The third kappa shape index (κ3) is 5.08. The van der Waals surface area contributed by atoms with Crippen LogP contribution in [-0.2, 0) is 4.74 Å². The van der Waals surface area contributed by atoms with E-state index >= 15 is 0 Å². The third-order valence-electron chi connectivity index (χ3n) is 6.29. The van der Waals surface area contributed by atoms with Crippen LogP contribution in [-0.4, -0.2) is 46.1 Å². The molecule has 0 radical (unpaired) electrons. The molecule has 2 atom stereocenters. The normalized spacial score (nSPS) is 16.9. The van der Waals surface area contributed by atoms with Crippen LogP contribution in [0.25, 0.3) is 5.69 Å². The van der Waals surface area contributed by atoms with Gasteiger partial charge in [-0.2, -0.15) is 0 Å². The Balaban J connectivity index is 1.59. The third-order valence-corrected chi connectivity index (χ3v) is 6.90. The van der Waals surface area contributed by atoms with Crippen LogP contribution < -0.4 is 15.0 Å². The van der Waals surface area contributed by atoms with Gasteiger partial charge < -0.3 is 29.4 Å². The fraction of sp³-hybridized carbons (Fsp3) is 0.179. The number of rotatable bonds is 9. The van der Waals surface area contributed by atoms with Crippen LogP contribution in [0.2, 0.25) is 5.02 Å². The molecule has 0 bridgehead atoms. The highest BCUT2D eigenvalue weighted by Crippen LogP contribution is 2.43. The van der Waals surface area contributed by atoms with Crippen LogP contribution in [0.15, 0.2) is 85.2 Å². The maximum Gasteiger partial charge on any atom is 0.335 e. The number of pyridine rings is 1. The number of carbonyl (C=O) groups is 1. The standard InChI is InChI=1S/C28H25ClN4O4S/c1-36-14-15-37-24-11-10-20(17-21(24)29)33-26(25(31-28(33)38)22-8-2-3-12-30-22)23-9-5-13-32(23)19-7-4-6-18(16-19)27(34)35/h2-13,16-17,25-26H,14-15H2,1H3,(H,31,38)(H,34,35). The van der Waals surface area contributed by atoms with Gasteiger partial charge in [0, 0.05) is 36.6 Å². The van der Waals surface area contributed by atoms with E-state index in [1.54, 1.807) is 31.5 Å². The number of halogens is 1. The summed E-state index contributed by atoms with van der Waals surface area (Å²) in [5.41, 5.74) is 3.42. The average molecular weight is 549 g/mol. The van der Waals surface area contributed by atoms with Gasteiger partial charge in [0.2, 0.25) is 0 Å². The molecule has 2 N–H and O–H groups in total. The summed E-state index contributed by atoms with van der Waals surface area (Å²) in [6.07, 6.45) is 3.66. The first-order valence-electron chi connectivity index (χ1n) is 11.9. The van der Waals surface area contributed by atoms with Crippen LogP contribution >= 0.6 is 23.8 Å². The fourth-order valence-electron chi connectivity index (χ4n) is 4.58. The second kappa shape index (κ2) is 11.2. The van der Waals surface area contributed by atoms with Crippen molar-refractivity contribution in [2.75, 3.05) is 25.2 Å². The SMILES string of the molecule is COCCOc1ccc(N2C(=S)NC(c3ccccn3)C2c2cccn2-c2cccc(C(=O)O)c2)cc1Cl. The zero-order chi connectivity index (χ0) is 26.6. The van der Waals surface area contributed by atoms with Gasteiger partial charge in [-0.05, 0) is 72.9 Å². The molecule has 3 heterocycles. The molecule has 2 aromatic carbocycles. The molecule has 2 aromatic heterocycles. The first-order chi connectivity index (χ1) is 18.5. The average Bonchev–Trinajstić information content (AvgIpc) is 3.54. The topological polar surface area (TPSA) is 88.9 Å². The zero-order valence-corrected chi connectivity index (χ0v) is 22.0. The van der Waals surface area contributed by atoms with Crippen molar-refractivity contribution in [1.29, 1.82) is 0 Å². The molecule has 2 unspecified atom stereocenters. The van der Waals surface area contributed by atoms with Crippen molar-refractivity contribution in [3.05, 3.63) is 107 Å². The van der Waals surface area contributed by atoms with E-state index in [0.717, 1.165) is 22.8 Å². The smallest absolute Gasteiger partial charge is 0.335 e. The van der Waals surface area contributed by atoms with Crippen molar-refractivity contribution >= 4 is 40.6 Å². The molecule has 10 heteroatoms. The number of anilines is 1. The minimum atomic E-state index is -0.986. The maximum absolute atomic E-state index is 11.6. The number of ether oxygens (including phenoxy) is 2. The highest BCUT2D eigenvalue weighted by Gasteiger charge is 2.42. The van der Waals surface area contributed by atoms with Crippen LogP contribution in [0.3, 0.4) is 0 Å². The van der Waals surface area contributed by atoms with Crippen molar-refractivity contribution in [1.82, 2.24) is 14.9 Å². The van der Waals surface area contributed by atoms with Gasteiger partial charge in [0.15, 0.2) is 5.11 Å². The van der Waals surface area contributed by atoms with Crippen LogP contribution in [0, 0.1) is 0 Å². The number of methoxy groups -OCH3 is 1. The number of thiocarbonyl (C=S) groups is 1. The first-order valence-corrected chi connectivity index (χ1v) is 12.7. The monoisotopic (exact) mass is 548 g/mol. The van der Waals surface area contributed by atoms with Crippen molar-refractivity contribution in [2.24, 2.45) is 0 Å². The molecule has 5 rings (SSSR count). The van der Waals surface area contributed by atoms with Gasteiger partial charge >= 0.3 is 5.97 Å². The number of carboxylic acids is 1. The molecule has 38 heavy (non-hydrogen) atoms. The second-order valence-electron chi connectivity index (χ2n) is 8.61. The molecule has 4 aromatic rings. The largest absolute Gasteiger partial charge is 0.490 e. The number of aromatic carboxylic acids is 1. The summed E-state index contributed by atoms with van der Waals surface area (Å²) in [5, 5.41) is 13.9. The lowest BCUT2D eigenvalue weighted by atomic mass is 10.0. The van der Waals surface area contributed by atoms with Gasteiger partial charge in [0.25, 0.3) is 0 Å².